The Morgan fingerprint density at radius 2 is 2.44 bits per heavy atom. The number of rotatable bonds is 3. The molecule has 1 N–H and O–H groups in total. The predicted octanol–water partition coefficient (Wildman–Crippen LogP) is 1.62. The summed E-state index contributed by atoms with van der Waals surface area (Å²) in [7, 11) is 0. The van der Waals surface area contributed by atoms with Gasteiger partial charge in [0.15, 0.2) is 0 Å². The monoisotopic (exact) mass is 248 g/mol. The second-order valence-corrected chi connectivity index (χ2v) is 4.96. The fraction of sp³-hybridized carbons (Fsp3) is 0.571. The summed E-state index contributed by atoms with van der Waals surface area (Å²) >= 11 is 0. The minimum absolute atomic E-state index is 0.0862. The maximum atomic E-state index is 12.3. The number of pyridine rings is 1. The van der Waals surface area contributed by atoms with Crippen LogP contribution < -0.4 is 0 Å². The summed E-state index contributed by atoms with van der Waals surface area (Å²) in [4.78, 5) is 18.3. The lowest BCUT2D eigenvalue weighted by Gasteiger charge is -2.32. The summed E-state index contributed by atoms with van der Waals surface area (Å²) in [6, 6.07) is 3.60. The van der Waals surface area contributed by atoms with E-state index in [1.54, 1.807) is 12.3 Å². The van der Waals surface area contributed by atoms with E-state index in [9.17, 15) is 4.79 Å². The van der Waals surface area contributed by atoms with Crippen LogP contribution >= 0.6 is 0 Å². The zero-order chi connectivity index (χ0) is 13.0. The third-order valence-electron chi connectivity index (χ3n) is 3.49. The molecule has 18 heavy (non-hydrogen) atoms. The van der Waals surface area contributed by atoms with Gasteiger partial charge in [0.2, 0.25) is 0 Å². The van der Waals surface area contributed by atoms with Crippen LogP contribution in [0.15, 0.2) is 18.3 Å². The number of amides is 1. The van der Waals surface area contributed by atoms with E-state index in [0.717, 1.165) is 38.0 Å². The number of hydrogen-bond donors (Lipinski definition) is 1. The van der Waals surface area contributed by atoms with Crippen LogP contribution in [0.25, 0.3) is 0 Å². The van der Waals surface area contributed by atoms with Gasteiger partial charge in [-0.3, -0.25) is 9.78 Å². The second-order valence-electron chi connectivity index (χ2n) is 4.96. The maximum absolute atomic E-state index is 12.3. The summed E-state index contributed by atoms with van der Waals surface area (Å²) < 4.78 is 0. The van der Waals surface area contributed by atoms with E-state index < -0.39 is 0 Å². The van der Waals surface area contributed by atoms with Crippen LogP contribution in [0.2, 0.25) is 0 Å². The lowest BCUT2D eigenvalue weighted by Crippen LogP contribution is -2.40. The van der Waals surface area contributed by atoms with Crippen LogP contribution in [-0.2, 0) is 0 Å². The Morgan fingerprint density at radius 3 is 3.17 bits per heavy atom. The first-order chi connectivity index (χ1) is 8.70. The molecule has 1 aromatic heterocycles. The molecule has 0 bridgehead atoms. The van der Waals surface area contributed by atoms with E-state index >= 15 is 0 Å². The highest BCUT2D eigenvalue weighted by atomic mass is 16.3. The summed E-state index contributed by atoms with van der Waals surface area (Å²) in [5, 5.41) is 8.99. The molecule has 0 saturated carbocycles. The number of piperidine rings is 1. The normalized spacial score (nSPS) is 19.9. The number of aromatic nitrogens is 1. The van der Waals surface area contributed by atoms with E-state index in [1.807, 2.05) is 17.9 Å². The largest absolute Gasteiger partial charge is 0.396 e. The third kappa shape index (κ3) is 3.07. The zero-order valence-electron chi connectivity index (χ0n) is 10.8. The molecule has 1 amide bonds. The van der Waals surface area contributed by atoms with E-state index in [4.69, 9.17) is 5.11 Å². The standard InChI is InChI=1S/C14H20N2O2/c1-11-9-13(4-6-15-11)14(18)16-7-2-3-12(10-16)5-8-17/h4,6,9,12,17H,2-3,5,7-8,10H2,1H3. The molecule has 1 atom stereocenters. The number of likely N-dealkylation sites (tertiary alicyclic amines) is 1. The van der Waals surface area contributed by atoms with Gasteiger partial charge in [-0.05, 0) is 44.2 Å². The van der Waals surface area contributed by atoms with Crippen LogP contribution in [0.1, 0.15) is 35.3 Å². The van der Waals surface area contributed by atoms with Crippen LogP contribution in [0, 0.1) is 12.8 Å². The molecule has 4 heteroatoms. The summed E-state index contributed by atoms with van der Waals surface area (Å²) in [6.07, 6.45) is 4.61. The van der Waals surface area contributed by atoms with Crippen molar-refractivity contribution < 1.29 is 9.90 Å². The summed E-state index contributed by atoms with van der Waals surface area (Å²) in [6.45, 7) is 3.69. The van der Waals surface area contributed by atoms with Crippen molar-refractivity contribution in [1.29, 1.82) is 0 Å². The molecule has 0 aromatic carbocycles. The molecular formula is C14H20N2O2. The highest BCUT2D eigenvalue weighted by Crippen LogP contribution is 2.20. The number of nitrogens with zero attached hydrogens (tertiary/aromatic N) is 2. The van der Waals surface area contributed by atoms with Gasteiger partial charge in [0.25, 0.3) is 5.91 Å². The molecule has 1 aliphatic rings. The fourth-order valence-corrected chi connectivity index (χ4v) is 2.53. The average molecular weight is 248 g/mol. The number of hydrogen-bond acceptors (Lipinski definition) is 3. The highest BCUT2D eigenvalue weighted by molar-refractivity contribution is 5.94. The Labute approximate surface area is 108 Å². The first-order valence-corrected chi connectivity index (χ1v) is 6.53. The number of aliphatic hydroxyl groups excluding tert-OH is 1. The second kappa shape index (κ2) is 5.96. The minimum Gasteiger partial charge on any atom is -0.396 e. The van der Waals surface area contributed by atoms with Gasteiger partial charge in [-0.1, -0.05) is 0 Å². The molecule has 1 saturated heterocycles. The number of carbonyl (C=O) groups excluding carboxylic acids is 1. The topological polar surface area (TPSA) is 53.4 Å². The van der Waals surface area contributed by atoms with Crippen molar-refractivity contribution in [1.82, 2.24) is 9.88 Å². The van der Waals surface area contributed by atoms with Gasteiger partial charge in [-0.25, -0.2) is 0 Å². The quantitative estimate of drug-likeness (QED) is 0.884. The Morgan fingerprint density at radius 1 is 1.61 bits per heavy atom. The van der Waals surface area contributed by atoms with Gasteiger partial charge in [-0.2, -0.15) is 0 Å². The summed E-state index contributed by atoms with van der Waals surface area (Å²) in [5.41, 5.74) is 1.58. The molecule has 2 rings (SSSR count). The van der Waals surface area contributed by atoms with Crippen molar-refractivity contribution in [2.75, 3.05) is 19.7 Å². The first kappa shape index (κ1) is 13.0. The fourth-order valence-electron chi connectivity index (χ4n) is 2.53. The predicted molar refractivity (Wildman–Crippen MR) is 69.3 cm³/mol. The molecule has 2 heterocycles. The molecular weight excluding hydrogens is 228 g/mol. The van der Waals surface area contributed by atoms with E-state index in [0.29, 0.717) is 11.5 Å². The van der Waals surface area contributed by atoms with Gasteiger partial charge >= 0.3 is 0 Å². The Balaban J connectivity index is 2.04. The van der Waals surface area contributed by atoms with Crippen LogP contribution in [0.4, 0.5) is 0 Å². The molecule has 0 aliphatic carbocycles. The zero-order valence-corrected chi connectivity index (χ0v) is 10.8. The maximum Gasteiger partial charge on any atom is 0.253 e. The smallest absolute Gasteiger partial charge is 0.253 e. The van der Waals surface area contributed by atoms with Gasteiger partial charge in [-0.15, -0.1) is 0 Å². The van der Waals surface area contributed by atoms with E-state index in [-0.39, 0.29) is 12.5 Å². The van der Waals surface area contributed by atoms with Crippen LogP contribution in [0.5, 0.6) is 0 Å². The SMILES string of the molecule is Cc1cc(C(=O)N2CCCC(CCO)C2)ccn1. The van der Waals surface area contributed by atoms with Gasteiger partial charge in [0.05, 0.1) is 0 Å². The Hall–Kier alpha value is -1.42. The molecule has 98 valence electrons. The molecule has 1 aliphatic heterocycles. The first-order valence-electron chi connectivity index (χ1n) is 6.53. The van der Waals surface area contributed by atoms with Crippen molar-refractivity contribution in [2.24, 2.45) is 5.92 Å². The lowest BCUT2D eigenvalue weighted by molar-refractivity contribution is 0.0653. The average Bonchev–Trinajstić information content (AvgIpc) is 2.39. The summed E-state index contributed by atoms with van der Waals surface area (Å²) in [5.74, 6) is 0.527. The van der Waals surface area contributed by atoms with Crippen molar-refractivity contribution >= 4 is 5.91 Å². The molecule has 0 spiro atoms. The molecule has 0 radical (unpaired) electrons. The minimum atomic E-state index is 0.0862. The lowest BCUT2D eigenvalue weighted by atomic mass is 9.94. The Kier molecular flexibility index (Phi) is 4.31. The highest BCUT2D eigenvalue weighted by Gasteiger charge is 2.24. The van der Waals surface area contributed by atoms with Crippen molar-refractivity contribution in [3.63, 3.8) is 0 Å². The Bertz CT molecular complexity index is 418. The van der Waals surface area contributed by atoms with Crippen molar-refractivity contribution in [2.45, 2.75) is 26.2 Å². The number of aryl methyl sites for hydroxylation is 1. The van der Waals surface area contributed by atoms with Gasteiger partial charge in [0, 0.05) is 37.2 Å². The number of carbonyl (C=O) groups is 1. The molecule has 1 aromatic rings. The van der Waals surface area contributed by atoms with Crippen molar-refractivity contribution in [3.8, 4) is 0 Å². The number of aliphatic hydroxyl groups is 1. The molecule has 1 fully saturated rings. The van der Waals surface area contributed by atoms with Crippen molar-refractivity contribution in [3.05, 3.63) is 29.6 Å². The molecule has 4 nitrogen and oxygen atoms in total. The van der Waals surface area contributed by atoms with Gasteiger partial charge < -0.3 is 10.0 Å². The van der Waals surface area contributed by atoms with E-state index in [2.05, 4.69) is 4.98 Å². The van der Waals surface area contributed by atoms with E-state index in [1.165, 1.54) is 0 Å². The van der Waals surface area contributed by atoms with Gasteiger partial charge in [0.1, 0.15) is 0 Å². The van der Waals surface area contributed by atoms with Crippen LogP contribution in [0.3, 0.4) is 0 Å². The third-order valence-corrected chi connectivity index (χ3v) is 3.49. The molecule has 1 unspecified atom stereocenters. The van der Waals surface area contributed by atoms with Crippen LogP contribution in [-0.4, -0.2) is 40.6 Å².